The van der Waals surface area contributed by atoms with Crippen LogP contribution in [0.5, 0.6) is 0 Å². The van der Waals surface area contributed by atoms with Crippen LogP contribution in [0.4, 0.5) is 20.3 Å². The van der Waals surface area contributed by atoms with Gasteiger partial charge in [-0.05, 0) is 90.9 Å². The van der Waals surface area contributed by atoms with Gasteiger partial charge in [0, 0.05) is 53.8 Å². The summed E-state index contributed by atoms with van der Waals surface area (Å²) >= 11 is 2.35. The second-order valence-electron chi connectivity index (χ2n) is 10.3. The number of aryl methyl sites for hydroxylation is 1. The zero-order valence-corrected chi connectivity index (χ0v) is 21.9. The summed E-state index contributed by atoms with van der Waals surface area (Å²) in [6.07, 6.45) is 4.93. The summed E-state index contributed by atoms with van der Waals surface area (Å²) in [7, 11) is 0. The van der Waals surface area contributed by atoms with Gasteiger partial charge in [0.1, 0.15) is 5.82 Å². The molecule has 2 aromatic heterocycles. The van der Waals surface area contributed by atoms with E-state index in [0.29, 0.717) is 23.0 Å². The van der Waals surface area contributed by atoms with Gasteiger partial charge in [0.05, 0.1) is 11.3 Å². The molecule has 0 N–H and O–H groups in total. The lowest BCUT2D eigenvalue weighted by atomic mass is 9.93. The van der Waals surface area contributed by atoms with Crippen LogP contribution in [0, 0.1) is 15.9 Å². The summed E-state index contributed by atoms with van der Waals surface area (Å²) in [5, 5.41) is 8.75. The second kappa shape index (κ2) is 8.67. The van der Waals surface area contributed by atoms with E-state index in [1.54, 1.807) is 0 Å². The van der Waals surface area contributed by atoms with Gasteiger partial charge in [0.15, 0.2) is 0 Å². The Bertz CT molecular complexity index is 1240. The molecule has 0 atom stereocenters. The van der Waals surface area contributed by atoms with Crippen molar-refractivity contribution in [3.63, 3.8) is 0 Å². The van der Waals surface area contributed by atoms with Crippen LogP contribution in [-0.2, 0) is 0 Å². The average Bonchev–Trinajstić information content (AvgIpc) is 3.39. The standard InChI is InChI=1S/C26H28F2IN5O/c1-17-14-18(15-22(30-17)34-12-8-26(27,28)9-13-34)23-31-32-24(35-23)20-3-2-19(29)16-21(20)33-10-6-25(4-5-25)7-11-33/h2-3,14-16H,4-13H2,1H3. The lowest BCUT2D eigenvalue weighted by molar-refractivity contribution is -0.0221. The van der Waals surface area contributed by atoms with Crippen LogP contribution in [0.2, 0.25) is 0 Å². The van der Waals surface area contributed by atoms with E-state index in [2.05, 4.69) is 60.9 Å². The van der Waals surface area contributed by atoms with E-state index in [1.807, 2.05) is 24.0 Å². The molecule has 3 aromatic rings. The molecular weight excluding hydrogens is 563 g/mol. The number of benzene rings is 1. The molecule has 1 spiro atoms. The fourth-order valence-corrected chi connectivity index (χ4v) is 5.77. The van der Waals surface area contributed by atoms with E-state index < -0.39 is 5.92 Å². The van der Waals surface area contributed by atoms with Crippen molar-refractivity contribution < 1.29 is 13.2 Å². The summed E-state index contributed by atoms with van der Waals surface area (Å²) in [6, 6.07) is 10.1. The Morgan fingerprint density at radius 3 is 2.26 bits per heavy atom. The molecule has 6 nitrogen and oxygen atoms in total. The van der Waals surface area contributed by atoms with E-state index in [4.69, 9.17) is 4.42 Å². The van der Waals surface area contributed by atoms with E-state index in [9.17, 15) is 8.78 Å². The molecule has 3 aliphatic rings. The molecule has 1 saturated carbocycles. The van der Waals surface area contributed by atoms with Gasteiger partial charge in [-0.25, -0.2) is 13.8 Å². The van der Waals surface area contributed by atoms with Crippen LogP contribution in [-0.4, -0.2) is 47.3 Å². The molecule has 3 fully saturated rings. The maximum absolute atomic E-state index is 13.6. The molecule has 0 radical (unpaired) electrons. The molecule has 1 aliphatic carbocycles. The molecular formula is C26H28F2IN5O. The Morgan fingerprint density at radius 2 is 1.54 bits per heavy atom. The fraction of sp³-hybridized carbons (Fsp3) is 0.500. The van der Waals surface area contributed by atoms with E-state index in [-0.39, 0.29) is 25.9 Å². The molecule has 0 unspecified atom stereocenters. The van der Waals surface area contributed by atoms with Crippen molar-refractivity contribution in [1.82, 2.24) is 15.2 Å². The Labute approximate surface area is 217 Å². The van der Waals surface area contributed by atoms with Crippen LogP contribution >= 0.6 is 22.6 Å². The minimum absolute atomic E-state index is 0.157. The van der Waals surface area contributed by atoms with Crippen molar-refractivity contribution in [3.05, 3.63) is 39.6 Å². The van der Waals surface area contributed by atoms with Crippen molar-refractivity contribution in [2.75, 3.05) is 36.0 Å². The average molecular weight is 591 g/mol. The van der Waals surface area contributed by atoms with Crippen LogP contribution < -0.4 is 9.80 Å². The van der Waals surface area contributed by atoms with Gasteiger partial charge in [-0.15, -0.1) is 10.2 Å². The summed E-state index contributed by atoms with van der Waals surface area (Å²) in [6.45, 7) is 4.55. The summed E-state index contributed by atoms with van der Waals surface area (Å²) in [5.74, 6) is -1.02. The lowest BCUT2D eigenvalue weighted by Gasteiger charge is -2.34. The topological polar surface area (TPSA) is 58.3 Å². The second-order valence-corrected chi connectivity index (χ2v) is 11.5. The molecule has 2 aliphatic heterocycles. The molecule has 2 saturated heterocycles. The van der Waals surface area contributed by atoms with Gasteiger partial charge in [0.2, 0.25) is 11.8 Å². The van der Waals surface area contributed by atoms with Crippen LogP contribution in [0.25, 0.3) is 22.9 Å². The number of alkyl halides is 2. The number of halogens is 3. The molecule has 6 rings (SSSR count). The molecule has 9 heteroatoms. The molecule has 184 valence electrons. The smallest absolute Gasteiger partial charge is 0.251 e. The number of pyridine rings is 1. The predicted molar refractivity (Wildman–Crippen MR) is 140 cm³/mol. The first-order chi connectivity index (χ1) is 16.8. The van der Waals surface area contributed by atoms with E-state index in [1.165, 1.54) is 29.3 Å². The normalized spacial score (nSPS) is 20.9. The monoisotopic (exact) mass is 591 g/mol. The first kappa shape index (κ1) is 23.1. The Hall–Kier alpha value is -2.30. The number of rotatable bonds is 4. The number of aromatic nitrogens is 3. The van der Waals surface area contributed by atoms with Crippen molar-refractivity contribution in [3.8, 4) is 22.9 Å². The zero-order chi connectivity index (χ0) is 24.2. The number of nitrogens with zero attached hydrogens (tertiary/aromatic N) is 5. The highest BCUT2D eigenvalue weighted by atomic mass is 127. The summed E-state index contributed by atoms with van der Waals surface area (Å²) in [5.41, 5.74) is 4.23. The largest absolute Gasteiger partial charge is 0.416 e. The predicted octanol–water partition coefficient (Wildman–Crippen LogP) is 6.33. The van der Waals surface area contributed by atoms with Gasteiger partial charge in [-0.1, -0.05) is 0 Å². The summed E-state index contributed by atoms with van der Waals surface area (Å²) < 4.78 is 34.6. The van der Waals surface area contributed by atoms with Crippen molar-refractivity contribution in [2.45, 2.75) is 51.4 Å². The van der Waals surface area contributed by atoms with Crippen molar-refractivity contribution in [1.29, 1.82) is 0 Å². The van der Waals surface area contributed by atoms with Gasteiger partial charge in [-0.2, -0.15) is 0 Å². The third-order valence-electron chi connectivity index (χ3n) is 7.74. The van der Waals surface area contributed by atoms with Gasteiger partial charge in [0.25, 0.3) is 5.92 Å². The number of anilines is 2. The fourth-order valence-electron chi connectivity index (χ4n) is 5.29. The maximum atomic E-state index is 13.6. The zero-order valence-electron chi connectivity index (χ0n) is 19.7. The highest BCUT2D eigenvalue weighted by molar-refractivity contribution is 14.1. The van der Waals surface area contributed by atoms with Crippen LogP contribution in [0.3, 0.4) is 0 Å². The number of piperidine rings is 2. The quantitative estimate of drug-likeness (QED) is 0.331. The van der Waals surface area contributed by atoms with Crippen LogP contribution in [0.15, 0.2) is 34.7 Å². The minimum Gasteiger partial charge on any atom is -0.416 e. The summed E-state index contributed by atoms with van der Waals surface area (Å²) in [4.78, 5) is 8.94. The Balaban J connectivity index is 1.28. The number of hydrogen-bond acceptors (Lipinski definition) is 6. The van der Waals surface area contributed by atoms with E-state index >= 15 is 0 Å². The van der Waals surface area contributed by atoms with Gasteiger partial charge < -0.3 is 14.2 Å². The molecule has 0 bridgehead atoms. The third-order valence-corrected chi connectivity index (χ3v) is 8.41. The highest BCUT2D eigenvalue weighted by Crippen LogP contribution is 2.54. The van der Waals surface area contributed by atoms with E-state index in [0.717, 1.165) is 35.6 Å². The first-order valence-corrected chi connectivity index (χ1v) is 13.4. The Kier molecular flexibility index (Phi) is 5.73. The number of hydrogen-bond donors (Lipinski definition) is 0. The van der Waals surface area contributed by atoms with Crippen molar-refractivity contribution in [2.24, 2.45) is 5.41 Å². The molecule has 1 aromatic carbocycles. The Morgan fingerprint density at radius 1 is 0.857 bits per heavy atom. The minimum atomic E-state index is -2.59. The third kappa shape index (κ3) is 4.75. The van der Waals surface area contributed by atoms with Crippen molar-refractivity contribution >= 4 is 34.1 Å². The SMILES string of the molecule is Cc1cc(-c2nnc(-c3ccc(I)cc3N3CCC4(CC3)CC4)o2)cc(N2CCC(F)(F)CC2)n1. The molecule has 0 amide bonds. The highest BCUT2D eigenvalue weighted by Gasteiger charge is 2.44. The van der Waals surface area contributed by atoms with Crippen LogP contribution in [0.1, 0.15) is 44.2 Å². The van der Waals surface area contributed by atoms with Gasteiger partial charge in [-0.3, -0.25) is 0 Å². The molecule has 4 heterocycles. The first-order valence-electron chi connectivity index (χ1n) is 12.3. The lowest BCUT2D eigenvalue weighted by Crippen LogP contribution is -2.39. The maximum Gasteiger partial charge on any atom is 0.251 e. The molecule has 35 heavy (non-hydrogen) atoms. The van der Waals surface area contributed by atoms with Gasteiger partial charge >= 0.3 is 0 Å².